The molecule has 2 aromatic rings. The first-order valence-corrected chi connectivity index (χ1v) is 9.48. The predicted octanol–water partition coefficient (Wildman–Crippen LogP) is 5.79. The smallest absolute Gasteiger partial charge is 0.141 e. The van der Waals surface area contributed by atoms with Crippen molar-refractivity contribution in [2.24, 2.45) is 4.99 Å². The molecule has 2 atom stereocenters. The fraction of sp³-hybridized carbons (Fsp3) is 0.391. The second-order valence-electron chi connectivity index (χ2n) is 7.55. The Morgan fingerprint density at radius 1 is 0.962 bits per heavy atom. The fourth-order valence-corrected chi connectivity index (χ4v) is 4.13. The summed E-state index contributed by atoms with van der Waals surface area (Å²) in [6.45, 7) is 10.9. The molecule has 0 spiro atoms. The maximum absolute atomic E-state index is 8.44. The number of amidine groups is 2. The van der Waals surface area contributed by atoms with E-state index in [0.717, 1.165) is 29.9 Å². The first-order chi connectivity index (χ1) is 12.4. The standard InChI is InChI=1S/C23H29N3/c1-6-22(4)20-16-12-11-15-19(20)21(25-23(22,5)7-2)26(17(3)24)18-13-9-8-10-14-18/h8-16,24H,6-7H2,1-5H3. The summed E-state index contributed by atoms with van der Waals surface area (Å²) >= 11 is 0. The summed E-state index contributed by atoms with van der Waals surface area (Å²) in [4.78, 5) is 7.27. The zero-order chi connectivity index (χ0) is 18.9. The fourth-order valence-electron chi connectivity index (χ4n) is 4.13. The zero-order valence-corrected chi connectivity index (χ0v) is 16.5. The van der Waals surface area contributed by atoms with E-state index in [1.54, 1.807) is 0 Å². The molecule has 3 nitrogen and oxygen atoms in total. The van der Waals surface area contributed by atoms with E-state index in [-0.39, 0.29) is 11.0 Å². The Balaban J connectivity index is 2.29. The molecule has 2 aromatic carbocycles. The molecule has 0 aromatic heterocycles. The average Bonchev–Trinajstić information content (AvgIpc) is 2.66. The molecular weight excluding hydrogens is 318 g/mol. The van der Waals surface area contributed by atoms with E-state index in [1.807, 2.05) is 42.2 Å². The minimum Gasteiger partial charge on any atom is -0.288 e. The molecule has 1 aliphatic rings. The van der Waals surface area contributed by atoms with Gasteiger partial charge in [-0.25, -0.2) is 0 Å². The van der Waals surface area contributed by atoms with E-state index in [2.05, 4.69) is 52.0 Å². The van der Waals surface area contributed by atoms with Crippen molar-refractivity contribution < 1.29 is 0 Å². The number of anilines is 1. The Morgan fingerprint density at radius 3 is 2.15 bits per heavy atom. The SMILES string of the molecule is CCC1(C)N=C(N(C(C)=N)c2ccccc2)c2ccccc2C1(C)CC. The van der Waals surface area contributed by atoms with E-state index in [1.165, 1.54) is 5.56 Å². The van der Waals surface area contributed by atoms with E-state index in [4.69, 9.17) is 10.4 Å². The number of nitrogens with one attached hydrogen (secondary N) is 1. The van der Waals surface area contributed by atoms with Crippen LogP contribution in [0.5, 0.6) is 0 Å². The minimum atomic E-state index is -0.214. The second kappa shape index (κ2) is 6.71. The lowest BCUT2D eigenvalue weighted by molar-refractivity contribution is 0.237. The van der Waals surface area contributed by atoms with Crippen LogP contribution < -0.4 is 4.90 Å². The quantitative estimate of drug-likeness (QED) is 0.554. The molecule has 0 bridgehead atoms. The number of hydrogen-bond acceptors (Lipinski definition) is 2. The number of benzene rings is 2. The summed E-state index contributed by atoms with van der Waals surface area (Å²) < 4.78 is 0. The van der Waals surface area contributed by atoms with Gasteiger partial charge in [-0.3, -0.25) is 15.3 Å². The van der Waals surface area contributed by atoms with Crippen LogP contribution in [0.3, 0.4) is 0 Å². The van der Waals surface area contributed by atoms with Gasteiger partial charge in [0.05, 0.1) is 5.54 Å². The van der Waals surface area contributed by atoms with Gasteiger partial charge in [0.1, 0.15) is 11.7 Å². The topological polar surface area (TPSA) is 39.5 Å². The van der Waals surface area contributed by atoms with Crippen molar-refractivity contribution in [1.29, 1.82) is 5.41 Å². The number of aliphatic imine (C=N–C) groups is 1. The van der Waals surface area contributed by atoms with E-state index < -0.39 is 0 Å². The van der Waals surface area contributed by atoms with Gasteiger partial charge in [0.15, 0.2) is 0 Å². The van der Waals surface area contributed by atoms with Gasteiger partial charge in [-0.15, -0.1) is 0 Å². The lowest BCUT2D eigenvalue weighted by Crippen LogP contribution is -2.52. The molecule has 0 saturated carbocycles. The van der Waals surface area contributed by atoms with Crippen LogP contribution >= 0.6 is 0 Å². The highest BCUT2D eigenvalue weighted by atomic mass is 15.2. The molecule has 26 heavy (non-hydrogen) atoms. The van der Waals surface area contributed by atoms with Crippen LogP contribution in [0.15, 0.2) is 59.6 Å². The maximum Gasteiger partial charge on any atom is 0.141 e. The highest BCUT2D eigenvalue weighted by Crippen LogP contribution is 2.48. The van der Waals surface area contributed by atoms with Gasteiger partial charge >= 0.3 is 0 Å². The predicted molar refractivity (Wildman–Crippen MR) is 112 cm³/mol. The van der Waals surface area contributed by atoms with Crippen molar-refractivity contribution in [3.63, 3.8) is 0 Å². The largest absolute Gasteiger partial charge is 0.288 e. The van der Waals surface area contributed by atoms with Gasteiger partial charge in [0.2, 0.25) is 0 Å². The average molecular weight is 348 g/mol. The first kappa shape index (κ1) is 18.4. The number of nitrogens with zero attached hydrogens (tertiary/aromatic N) is 2. The lowest BCUT2D eigenvalue weighted by atomic mass is 9.62. The van der Waals surface area contributed by atoms with Crippen molar-refractivity contribution in [2.45, 2.75) is 58.4 Å². The molecule has 1 N–H and O–H groups in total. The monoisotopic (exact) mass is 347 g/mol. The molecule has 2 unspecified atom stereocenters. The van der Waals surface area contributed by atoms with Crippen molar-refractivity contribution >= 4 is 17.4 Å². The Bertz CT molecular complexity index is 840. The normalized spacial score (nSPS) is 24.6. The summed E-state index contributed by atoms with van der Waals surface area (Å²) in [5.74, 6) is 1.36. The van der Waals surface area contributed by atoms with E-state index >= 15 is 0 Å². The van der Waals surface area contributed by atoms with Crippen LogP contribution in [0.25, 0.3) is 0 Å². The van der Waals surface area contributed by atoms with Crippen molar-refractivity contribution in [3.05, 3.63) is 65.7 Å². The Morgan fingerprint density at radius 2 is 1.58 bits per heavy atom. The number of rotatable bonds is 3. The molecule has 1 aliphatic heterocycles. The third-order valence-corrected chi connectivity index (χ3v) is 6.26. The van der Waals surface area contributed by atoms with Crippen LogP contribution in [0.4, 0.5) is 5.69 Å². The van der Waals surface area contributed by atoms with Crippen molar-refractivity contribution in [3.8, 4) is 0 Å². The number of para-hydroxylation sites is 1. The summed E-state index contributed by atoms with van der Waals surface area (Å²) in [7, 11) is 0. The van der Waals surface area contributed by atoms with Crippen LogP contribution in [0.1, 0.15) is 58.6 Å². The molecule has 0 saturated heterocycles. The highest BCUT2D eigenvalue weighted by Gasteiger charge is 2.48. The van der Waals surface area contributed by atoms with Crippen LogP contribution in [0.2, 0.25) is 0 Å². The summed E-state index contributed by atoms with van der Waals surface area (Å²) in [5, 5.41) is 8.44. The van der Waals surface area contributed by atoms with Crippen LogP contribution in [-0.2, 0) is 5.41 Å². The Labute approximate surface area is 157 Å². The van der Waals surface area contributed by atoms with E-state index in [0.29, 0.717) is 5.84 Å². The van der Waals surface area contributed by atoms with Crippen molar-refractivity contribution in [2.75, 3.05) is 4.90 Å². The molecular formula is C23H29N3. The summed E-state index contributed by atoms with van der Waals surface area (Å²) in [6.07, 6.45) is 1.98. The summed E-state index contributed by atoms with van der Waals surface area (Å²) in [5.41, 5.74) is 3.21. The number of hydrogen-bond donors (Lipinski definition) is 1. The van der Waals surface area contributed by atoms with Gasteiger partial charge < -0.3 is 0 Å². The Hall–Kier alpha value is -2.42. The first-order valence-electron chi connectivity index (χ1n) is 9.48. The van der Waals surface area contributed by atoms with Gasteiger partial charge in [0, 0.05) is 16.7 Å². The molecule has 1 heterocycles. The molecule has 136 valence electrons. The zero-order valence-electron chi connectivity index (χ0n) is 16.5. The molecule has 0 aliphatic carbocycles. The third-order valence-electron chi connectivity index (χ3n) is 6.26. The van der Waals surface area contributed by atoms with Gasteiger partial charge in [-0.1, -0.05) is 63.2 Å². The van der Waals surface area contributed by atoms with Gasteiger partial charge in [-0.05, 0) is 44.4 Å². The highest BCUT2D eigenvalue weighted by molar-refractivity contribution is 6.24. The third kappa shape index (κ3) is 2.66. The van der Waals surface area contributed by atoms with Crippen LogP contribution in [0, 0.1) is 5.41 Å². The van der Waals surface area contributed by atoms with Crippen LogP contribution in [-0.4, -0.2) is 17.2 Å². The maximum atomic E-state index is 8.44. The second-order valence-corrected chi connectivity index (χ2v) is 7.55. The number of fused-ring (bicyclic) bond motifs is 1. The van der Waals surface area contributed by atoms with E-state index in [9.17, 15) is 0 Å². The molecule has 3 heteroatoms. The van der Waals surface area contributed by atoms with Crippen molar-refractivity contribution in [1.82, 2.24) is 0 Å². The van der Waals surface area contributed by atoms with Gasteiger partial charge in [0.25, 0.3) is 0 Å². The lowest BCUT2D eigenvalue weighted by Gasteiger charge is -2.49. The summed E-state index contributed by atoms with van der Waals surface area (Å²) in [6, 6.07) is 18.7. The minimum absolute atomic E-state index is 0.0276. The molecule has 0 radical (unpaired) electrons. The molecule has 0 fully saturated rings. The molecule has 0 amide bonds. The van der Waals surface area contributed by atoms with Gasteiger partial charge in [-0.2, -0.15) is 0 Å². The molecule has 3 rings (SSSR count). The Kier molecular flexibility index (Phi) is 4.74.